The molecule has 0 N–H and O–H groups in total. The topological polar surface area (TPSA) is 38.5 Å². The second kappa shape index (κ2) is 19.9. The average molecular weight is 1240 g/mol. The Labute approximate surface area is 491 Å². The zero-order chi connectivity index (χ0) is 54.1. The third-order valence-corrected chi connectivity index (χ3v) is 19.2. The smallest absolute Gasteiger partial charge is 0.135 e. The first-order chi connectivity index (χ1) is 39.0. The summed E-state index contributed by atoms with van der Waals surface area (Å²) >= 11 is 0. The summed E-state index contributed by atoms with van der Waals surface area (Å²) in [4.78, 5) is 9.74. The Bertz CT molecular complexity index is 4130. The number of para-hydroxylation sites is 5. The molecule has 0 atom stereocenters. The van der Waals surface area contributed by atoms with Crippen LogP contribution in [0, 0.1) is 42.5 Å². The van der Waals surface area contributed by atoms with Gasteiger partial charge in [0, 0.05) is 77.5 Å². The largest absolute Gasteiger partial charge is 0.509 e. The maximum Gasteiger partial charge on any atom is 0.135 e. The summed E-state index contributed by atoms with van der Waals surface area (Å²) < 4.78 is 11.9. The first-order valence-corrected chi connectivity index (χ1v) is 29.4. The predicted molar refractivity (Wildman–Crippen MR) is 330 cm³/mol. The SMILES string of the molecule is CC(C)c1cc(C(C)C)c(-c2cc(Oc3[c-]c4c(cc3)c3ccccc3n4-c3cc(C4(c5ccc(-n6c7ccccc7c7ccccc76)cc5)C5CC6CC(C5)CC4C6)ccn3)[c-]c(N3[CH-]N(C)c4ccccc43)c2)c(C(C)C)c1.[Pt]. The molecule has 4 fully saturated rings. The number of hydrogen-bond donors (Lipinski definition) is 0. The van der Waals surface area contributed by atoms with Crippen LogP contribution in [0.2, 0.25) is 0 Å². The van der Waals surface area contributed by atoms with Gasteiger partial charge in [0.1, 0.15) is 5.82 Å². The summed E-state index contributed by atoms with van der Waals surface area (Å²) in [6, 6.07) is 70.9. The Morgan fingerprint density at radius 1 is 0.543 bits per heavy atom. The van der Waals surface area contributed by atoms with Gasteiger partial charge in [-0.2, -0.15) is 12.7 Å². The van der Waals surface area contributed by atoms with E-state index in [1.807, 2.05) is 0 Å². The number of nitrogens with zero attached hydrogens (tertiary/aromatic N) is 5. The van der Waals surface area contributed by atoms with E-state index in [0.29, 0.717) is 41.1 Å². The van der Waals surface area contributed by atoms with Gasteiger partial charge < -0.3 is 23.7 Å². The molecular formula is C74H68N5OPt-3. The maximum absolute atomic E-state index is 7.15. The van der Waals surface area contributed by atoms with Gasteiger partial charge in [0.2, 0.25) is 0 Å². The van der Waals surface area contributed by atoms with Crippen molar-refractivity contribution in [1.29, 1.82) is 0 Å². The monoisotopic (exact) mass is 1240 g/mol. The summed E-state index contributed by atoms with van der Waals surface area (Å²) in [6.07, 6.45) is 8.60. The molecule has 0 radical (unpaired) electrons. The van der Waals surface area contributed by atoms with Crippen LogP contribution in [0.1, 0.15) is 119 Å². The van der Waals surface area contributed by atoms with Gasteiger partial charge in [0.25, 0.3) is 0 Å². The van der Waals surface area contributed by atoms with Crippen LogP contribution in [0.5, 0.6) is 11.5 Å². The molecule has 7 heteroatoms. The number of fused-ring (bicyclic) bond motifs is 7. The molecule has 1 aliphatic heterocycles. The molecule has 0 saturated heterocycles. The van der Waals surface area contributed by atoms with Crippen molar-refractivity contribution in [2.75, 3.05) is 16.8 Å². The van der Waals surface area contributed by atoms with Crippen molar-refractivity contribution in [3.63, 3.8) is 0 Å². The number of benzene rings is 8. The molecule has 0 spiro atoms. The summed E-state index contributed by atoms with van der Waals surface area (Å²) in [6.45, 7) is 16.0. The van der Waals surface area contributed by atoms with Crippen LogP contribution >= 0.6 is 0 Å². The summed E-state index contributed by atoms with van der Waals surface area (Å²) in [5.41, 5.74) is 18.1. The van der Waals surface area contributed by atoms with Gasteiger partial charge in [-0.25, -0.2) is 4.98 Å². The molecule has 3 aromatic heterocycles. The van der Waals surface area contributed by atoms with Crippen molar-refractivity contribution in [3.05, 3.63) is 223 Å². The van der Waals surface area contributed by atoms with Crippen molar-refractivity contribution >= 4 is 60.7 Å². The van der Waals surface area contributed by atoms with Crippen molar-refractivity contribution in [2.45, 2.75) is 96.8 Å². The second-order valence-electron chi connectivity index (χ2n) is 24.8. The first kappa shape index (κ1) is 51.7. The van der Waals surface area contributed by atoms with Crippen molar-refractivity contribution < 1.29 is 25.8 Å². The fraction of sp³-hybridized carbons (Fsp3) is 0.270. The van der Waals surface area contributed by atoms with Crippen LogP contribution < -0.4 is 14.5 Å². The molecule has 16 rings (SSSR count). The Kier molecular flexibility index (Phi) is 12.7. The van der Waals surface area contributed by atoms with Crippen molar-refractivity contribution in [2.24, 2.45) is 23.7 Å². The van der Waals surface area contributed by atoms with Gasteiger partial charge in [-0.3, -0.25) is 0 Å². The van der Waals surface area contributed by atoms with E-state index in [0.717, 1.165) is 62.1 Å². The molecule has 6 nitrogen and oxygen atoms in total. The van der Waals surface area contributed by atoms with E-state index in [9.17, 15) is 0 Å². The number of anilines is 3. The molecule has 0 unspecified atom stereocenters. The van der Waals surface area contributed by atoms with Crippen LogP contribution in [-0.2, 0) is 26.5 Å². The van der Waals surface area contributed by atoms with Gasteiger partial charge >= 0.3 is 0 Å². The minimum Gasteiger partial charge on any atom is -0.509 e. The minimum atomic E-state index is -0.137. The molecule has 4 saturated carbocycles. The molecule has 11 aromatic rings. The molecule has 0 amide bonds. The van der Waals surface area contributed by atoms with Crippen LogP contribution in [0.25, 0.3) is 66.2 Å². The number of rotatable bonds is 11. The molecule has 8 aromatic carbocycles. The quantitative estimate of drug-likeness (QED) is 0.121. The van der Waals surface area contributed by atoms with E-state index in [2.05, 4.69) is 262 Å². The normalized spacial score (nSPS) is 20.2. The summed E-state index contributed by atoms with van der Waals surface area (Å²) in [5, 5.41) is 4.86. The van der Waals surface area contributed by atoms with Gasteiger partial charge in [0.15, 0.2) is 0 Å². The van der Waals surface area contributed by atoms with E-state index in [4.69, 9.17) is 9.72 Å². The molecule has 5 aliphatic rings. The molecule has 408 valence electrons. The van der Waals surface area contributed by atoms with Gasteiger partial charge in [0.05, 0.1) is 11.0 Å². The second-order valence-corrected chi connectivity index (χ2v) is 24.8. The summed E-state index contributed by atoms with van der Waals surface area (Å²) in [5.74, 6) is 5.96. The number of pyridine rings is 1. The number of ether oxygens (including phenoxy) is 1. The standard InChI is InChI=1S/C74H68N5O.Pt/c1-45(2)50-39-64(46(3)4)73(65(40-50)47(5)6)51-37-57(77-44-76(7)69-22-14-15-23-70(69)77)42-59(38-51)80-58-28-29-63-62-18-10-13-21-68(62)79(71(63)43-58)72-41-53(30-31-75-72)74(54-33-48-32-49(35-54)36-55(74)34-48)52-24-26-56(27-25-52)78-66-19-11-8-16-60(66)61-17-9-12-20-67(61)78;/h8-31,37-41,44-49,54-55H,32-36H2,1-7H3;/q-3;. The summed E-state index contributed by atoms with van der Waals surface area (Å²) in [7, 11) is 2.11. The van der Waals surface area contributed by atoms with Crippen molar-refractivity contribution in [1.82, 2.24) is 14.1 Å². The Morgan fingerprint density at radius 2 is 1.12 bits per heavy atom. The van der Waals surface area contributed by atoms with E-state index in [1.54, 1.807) is 0 Å². The van der Waals surface area contributed by atoms with Crippen LogP contribution in [0.15, 0.2) is 176 Å². The van der Waals surface area contributed by atoms with Gasteiger partial charge in [-0.15, -0.1) is 47.0 Å². The predicted octanol–water partition coefficient (Wildman–Crippen LogP) is 19.2. The van der Waals surface area contributed by atoms with E-state index < -0.39 is 0 Å². The fourth-order valence-electron chi connectivity index (χ4n) is 15.8. The van der Waals surface area contributed by atoms with E-state index in [-0.39, 0.29) is 26.5 Å². The molecule has 4 heterocycles. The maximum atomic E-state index is 7.15. The van der Waals surface area contributed by atoms with E-state index >= 15 is 0 Å². The van der Waals surface area contributed by atoms with Gasteiger partial charge in [-0.05, 0) is 174 Å². The van der Waals surface area contributed by atoms with E-state index in [1.165, 1.54) is 93.0 Å². The third-order valence-electron chi connectivity index (χ3n) is 19.2. The first-order valence-electron chi connectivity index (χ1n) is 29.4. The average Bonchev–Trinajstić information content (AvgIpc) is 4.31. The zero-order valence-electron chi connectivity index (χ0n) is 47.4. The van der Waals surface area contributed by atoms with Crippen molar-refractivity contribution in [3.8, 4) is 34.1 Å². The molecular weight excluding hydrogens is 1170 g/mol. The number of hydrogen-bond acceptors (Lipinski definition) is 4. The zero-order valence-corrected chi connectivity index (χ0v) is 49.6. The third kappa shape index (κ3) is 8.24. The molecule has 4 aliphatic carbocycles. The molecule has 81 heavy (non-hydrogen) atoms. The molecule has 4 bridgehead atoms. The van der Waals surface area contributed by atoms with Crippen LogP contribution in [0.4, 0.5) is 17.1 Å². The number of aromatic nitrogens is 3. The van der Waals surface area contributed by atoms with Crippen LogP contribution in [-0.4, -0.2) is 21.2 Å². The fourth-order valence-corrected chi connectivity index (χ4v) is 15.8. The Balaban J connectivity index is 0.00000589. The Morgan fingerprint density at radius 3 is 1.74 bits per heavy atom. The van der Waals surface area contributed by atoms with Crippen LogP contribution in [0.3, 0.4) is 0 Å². The van der Waals surface area contributed by atoms with Gasteiger partial charge in [-0.1, -0.05) is 138 Å². The minimum absolute atomic E-state index is 0. The Hall–Kier alpha value is -7.40.